The molecule has 0 unspecified atom stereocenters. The molecule has 0 aliphatic heterocycles. The van der Waals surface area contributed by atoms with Crippen LogP contribution < -0.4 is 0 Å². The van der Waals surface area contributed by atoms with E-state index in [1.54, 1.807) is 0 Å². The minimum absolute atomic E-state index is 0.574. The summed E-state index contributed by atoms with van der Waals surface area (Å²) in [4.78, 5) is 40.4. The molecule has 0 aliphatic carbocycles. The first-order valence-corrected chi connectivity index (χ1v) is 33.5. The van der Waals surface area contributed by atoms with Crippen molar-refractivity contribution in [2.45, 2.75) is 0 Å². The van der Waals surface area contributed by atoms with E-state index in [4.69, 9.17) is 34.9 Å². The average Bonchev–Trinajstić information content (AvgIpc) is 0.764. The molecule has 100 heavy (non-hydrogen) atoms. The van der Waals surface area contributed by atoms with Gasteiger partial charge in [0.2, 0.25) is 0 Å². The number of hydrogen-bond acceptors (Lipinski definition) is 8. The van der Waals surface area contributed by atoms with E-state index in [9.17, 15) is 0 Å². The second-order valence-corrected chi connectivity index (χ2v) is 25.0. The highest BCUT2D eigenvalue weighted by Gasteiger charge is 2.21. The zero-order chi connectivity index (χ0) is 66.3. The average molecular weight is 1280 g/mol. The molecule has 0 fully saturated rings. The van der Waals surface area contributed by atoms with Crippen LogP contribution in [-0.2, 0) is 0 Å². The fourth-order valence-corrected chi connectivity index (χ4v) is 14.0. The molecule has 4 heterocycles. The fourth-order valence-electron chi connectivity index (χ4n) is 14.0. The highest BCUT2D eigenvalue weighted by atomic mass is 15.0. The van der Waals surface area contributed by atoms with E-state index in [0.29, 0.717) is 34.9 Å². The zero-order valence-corrected chi connectivity index (χ0v) is 54.1. The normalized spacial score (nSPS) is 11.4. The van der Waals surface area contributed by atoms with Crippen LogP contribution >= 0.6 is 0 Å². The number of rotatable bonds is 13. The first kappa shape index (κ1) is 59.0. The van der Waals surface area contributed by atoms with Gasteiger partial charge in [0.05, 0.1) is 11.0 Å². The van der Waals surface area contributed by atoms with Gasteiger partial charge in [-0.3, -0.25) is 9.97 Å². The first-order chi connectivity index (χ1) is 49.5. The van der Waals surface area contributed by atoms with Crippen molar-refractivity contribution in [2.75, 3.05) is 0 Å². The van der Waals surface area contributed by atoms with E-state index in [1.807, 2.05) is 103 Å². The number of benzene rings is 14. The summed E-state index contributed by atoms with van der Waals surface area (Å²) in [5.41, 5.74) is 22.8. The van der Waals surface area contributed by atoms with Crippen LogP contribution in [-0.4, -0.2) is 39.9 Å². The van der Waals surface area contributed by atoms with Crippen LogP contribution in [0.3, 0.4) is 0 Å². The monoisotopic (exact) mass is 1270 g/mol. The molecule has 0 atom stereocenters. The second kappa shape index (κ2) is 25.5. The lowest BCUT2D eigenvalue weighted by atomic mass is 9.86. The molecular formula is C92H58N8. The van der Waals surface area contributed by atoms with E-state index >= 15 is 0 Å². The number of fused-ring (bicyclic) bond motifs is 4. The smallest absolute Gasteiger partial charge is 0.164 e. The van der Waals surface area contributed by atoms with Crippen LogP contribution in [0, 0.1) is 0 Å². The van der Waals surface area contributed by atoms with E-state index in [0.717, 1.165) is 144 Å². The summed E-state index contributed by atoms with van der Waals surface area (Å²) in [7, 11) is 0. The predicted molar refractivity (Wildman–Crippen MR) is 409 cm³/mol. The van der Waals surface area contributed by atoms with E-state index in [2.05, 4.69) is 254 Å². The van der Waals surface area contributed by atoms with Crippen LogP contribution in [0.1, 0.15) is 0 Å². The van der Waals surface area contributed by atoms with Gasteiger partial charge in [-0.15, -0.1) is 0 Å². The van der Waals surface area contributed by atoms with Gasteiger partial charge in [-0.2, -0.15) is 0 Å². The van der Waals surface area contributed by atoms with Crippen molar-refractivity contribution < 1.29 is 0 Å². The van der Waals surface area contributed by atoms with Crippen molar-refractivity contribution in [3.05, 3.63) is 352 Å². The van der Waals surface area contributed by atoms with Gasteiger partial charge in [-0.05, 0) is 118 Å². The van der Waals surface area contributed by atoms with E-state index < -0.39 is 0 Å². The SMILES string of the molecule is c1ccc(-c2nc(-c3ccccc3)nc(-c3ccc(-c4c(-c5ccc(-c6cccc7cccnc67)cc5)ccc5c(-c6cccc(-c7nc(-c8ccccc8)nc(-c8ccc(-c9c(-c%10ccc(-c%11cccc%12ncccc%11%12)cc%10)ccc%10ccccc9%10)cc8)n7)c6)cccc45)cc3)n2)cc1. The molecule has 0 saturated heterocycles. The topological polar surface area (TPSA) is 103 Å². The minimum Gasteiger partial charge on any atom is -0.256 e. The second-order valence-electron chi connectivity index (χ2n) is 25.0. The third kappa shape index (κ3) is 11.2. The lowest BCUT2D eigenvalue weighted by Gasteiger charge is -2.18. The molecule has 0 radical (unpaired) electrons. The van der Waals surface area contributed by atoms with Gasteiger partial charge < -0.3 is 0 Å². The Kier molecular flexibility index (Phi) is 15.1. The Bertz CT molecular complexity index is 6040. The first-order valence-electron chi connectivity index (χ1n) is 33.5. The Balaban J connectivity index is 0.725. The van der Waals surface area contributed by atoms with Gasteiger partial charge in [0.25, 0.3) is 0 Å². The van der Waals surface area contributed by atoms with Crippen molar-refractivity contribution >= 4 is 43.4 Å². The fraction of sp³-hybridized carbons (Fsp3) is 0. The molecule has 8 heteroatoms. The maximum atomic E-state index is 5.33. The van der Waals surface area contributed by atoms with Gasteiger partial charge in [-0.25, -0.2) is 29.9 Å². The largest absolute Gasteiger partial charge is 0.256 e. The van der Waals surface area contributed by atoms with Crippen molar-refractivity contribution in [2.24, 2.45) is 0 Å². The number of nitrogens with zero attached hydrogens (tertiary/aromatic N) is 8. The summed E-state index contributed by atoms with van der Waals surface area (Å²) in [5.74, 6) is 3.57. The molecule has 466 valence electrons. The quantitative estimate of drug-likeness (QED) is 0.112. The molecular weight excluding hydrogens is 1220 g/mol. The maximum Gasteiger partial charge on any atom is 0.164 e. The van der Waals surface area contributed by atoms with Gasteiger partial charge in [-0.1, -0.05) is 315 Å². The molecule has 18 rings (SSSR count). The predicted octanol–water partition coefficient (Wildman–Crippen LogP) is 23.1. The van der Waals surface area contributed by atoms with Gasteiger partial charge in [0.1, 0.15) is 0 Å². The zero-order valence-electron chi connectivity index (χ0n) is 54.1. The number of para-hydroxylation sites is 1. The van der Waals surface area contributed by atoms with Crippen molar-refractivity contribution in [3.63, 3.8) is 0 Å². The Morgan fingerprint density at radius 3 is 1.12 bits per heavy atom. The molecule has 14 aromatic carbocycles. The summed E-state index contributed by atoms with van der Waals surface area (Å²) >= 11 is 0. The summed E-state index contributed by atoms with van der Waals surface area (Å²) in [5, 5.41) is 6.80. The molecule has 0 aliphatic rings. The van der Waals surface area contributed by atoms with Gasteiger partial charge in [0, 0.05) is 62.1 Å². The standard InChI is InChI=1S/C92H58N8/c1-4-19-67(20-5-1)87-95-88(68-21-6-2-7-22-68)97-90(96-87)70-50-46-65(47-51-70)85-78(62-40-42-63(43-41-62)79-32-13-25-66-28-16-57-94-86(66)79)54-55-80-75(30-14-33-82(80)85)72-26-12-27-73(58-72)92-99-89(69-23-8-3-9-24-69)98-91(100-92)71-48-44-64(45-49-71)84-76-29-11-10-18-59(76)52-53-77(84)61-38-36-60(37-39-61)74-31-15-35-83-81(74)34-17-56-93-83/h1-58H. The molecule has 4 aromatic heterocycles. The van der Waals surface area contributed by atoms with Crippen molar-refractivity contribution in [1.29, 1.82) is 0 Å². The number of aromatic nitrogens is 8. The minimum atomic E-state index is 0.574. The molecule has 0 N–H and O–H groups in total. The highest BCUT2D eigenvalue weighted by Crippen LogP contribution is 2.45. The third-order valence-electron chi connectivity index (χ3n) is 18.9. The Labute approximate surface area is 578 Å². The van der Waals surface area contributed by atoms with E-state index in [1.165, 1.54) is 10.8 Å². The lowest BCUT2D eigenvalue weighted by Crippen LogP contribution is -2.00. The summed E-state index contributed by atoms with van der Waals surface area (Å²) in [6, 6.07) is 119. The van der Waals surface area contributed by atoms with Crippen LogP contribution in [0.15, 0.2) is 352 Å². The number of pyridine rings is 2. The molecule has 18 aromatic rings. The number of hydrogen-bond donors (Lipinski definition) is 0. The molecule has 8 nitrogen and oxygen atoms in total. The van der Waals surface area contributed by atoms with E-state index in [-0.39, 0.29) is 0 Å². The Hall–Kier alpha value is -13.6. The summed E-state index contributed by atoms with van der Waals surface area (Å²) in [6.07, 6.45) is 3.71. The Morgan fingerprint density at radius 2 is 0.530 bits per heavy atom. The summed E-state index contributed by atoms with van der Waals surface area (Å²) < 4.78 is 0. The summed E-state index contributed by atoms with van der Waals surface area (Å²) in [6.45, 7) is 0. The lowest BCUT2D eigenvalue weighted by molar-refractivity contribution is 1.07. The van der Waals surface area contributed by atoms with Crippen LogP contribution in [0.2, 0.25) is 0 Å². The Morgan fingerprint density at radius 1 is 0.170 bits per heavy atom. The van der Waals surface area contributed by atoms with Crippen molar-refractivity contribution in [3.8, 4) is 146 Å². The van der Waals surface area contributed by atoms with Crippen molar-refractivity contribution in [1.82, 2.24) is 39.9 Å². The maximum absolute atomic E-state index is 5.33. The van der Waals surface area contributed by atoms with Crippen LogP contribution in [0.4, 0.5) is 0 Å². The molecule has 0 spiro atoms. The third-order valence-corrected chi connectivity index (χ3v) is 18.9. The van der Waals surface area contributed by atoms with Gasteiger partial charge >= 0.3 is 0 Å². The highest BCUT2D eigenvalue weighted by molar-refractivity contribution is 6.10. The van der Waals surface area contributed by atoms with Crippen LogP contribution in [0.25, 0.3) is 190 Å². The molecule has 0 bridgehead atoms. The van der Waals surface area contributed by atoms with Gasteiger partial charge in [0.15, 0.2) is 34.9 Å². The van der Waals surface area contributed by atoms with Crippen LogP contribution in [0.5, 0.6) is 0 Å². The molecule has 0 amide bonds. The molecule has 0 saturated carbocycles.